The van der Waals surface area contributed by atoms with E-state index >= 15 is 0 Å². The van der Waals surface area contributed by atoms with E-state index in [1.54, 1.807) is 25.1 Å². The van der Waals surface area contributed by atoms with E-state index in [9.17, 15) is 4.79 Å². The summed E-state index contributed by atoms with van der Waals surface area (Å²) in [7, 11) is 3.24. The lowest BCUT2D eigenvalue weighted by Crippen LogP contribution is -2.23. The highest BCUT2D eigenvalue weighted by Gasteiger charge is 2.18. The van der Waals surface area contributed by atoms with Crippen molar-refractivity contribution in [3.63, 3.8) is 0 Å². The van der Waals surface area contributed by atoms with Gasteiger partial charge in [0, 0.05) is 30.1 Å². The summed E-state index contributed by atoms with van der Waals surface area (Å²) in [6.45, 7) is 1.89. The smallest absolute Gasteiger partial charge is 0.294 e. The van der Waals surface area contributed by atoms with Gasteiger partial charge < -0.3 is 18.9 Å². The molecule has 1 aliphatic rings. The predicted molar refractivity (Wildman–Crippen MR) is 116 cm³/mol. The van der Waals surface area contributed by atoms with Gasteiger partial charge in [0.2, 0.25) is 6.79 Å². The number of nitrogens with zero attached hydrogens (tertiary/aromatic N) is 2. The molecule has 0 radical (unpaired) electrons. The van der Waals surface area contributed by atoms with Gasteiger partial charge in [0.15, 0.2) is 11.5 Å². The monoisotopic (exact) mass is 457 g/mol. The molecule has 0 fully saturated rings. The number of amides is 1. The van der Waals surface area contributed by atoms with Gasteiger partial charge in [-0.25, -0.2) is 10.5 Å². The number of fused-ring (bicyclic) bond motifs is 1. The minimum atomic E-state index is -0.633. The predicted octanol–water partition coefficient (Wildman–Crippen LogP) is 3.21. The highest BCUT2D eigenvalue weighted by molar-refractivity contribution is 7.09. The summed E-state index contributed by atoms with van der Waals surface area (Å²) in [6, 6.07) is 11.6. The fourth-order valence-corrected chi connectivity index (χ4v) is 4.24. The summed E-state index contributed by atoms with van der Waals surface area (Å²) >= 11 is 1.36. The number of benzene rings is 2. The lowest BCUT2D eigenvalue weighted by atomic mass is 10.1. The Balaban J connectivity index is 1.58. The van der Waals surface area contributed by atoms with Gasteiger partial charge >= 0.3 is 0 Å². The minimum Gasteiger partial charge on any atom is -0.497 e. The van der Waals surface area contributed by atoms with Crippen LogP contribution in [0.3, 0.4) is 0 Å². The average Bonchev–Trinajstić information content (AvgIpc) is 3.48. The summed E-state index contributed by atoms with van der Waals surface area (Å²) in [5.41, 5.74) is 3.83. The Morgan fingerprint density at radius 2 is 1.97 bits per heavy atom. The van der Waals surface area contributed by atoms with Crippen molar-refractivity contribution in [2.24, 2.45) is 0 Å². The molecule has 1 aromatic heterocycles. The molecule has 0 aliphatic carbocycles. The zero-order valence-corrected chi connectivity index (χ0v) is 18.5. The molecule has 168 valence electrons. The fourth-order valence-electron chi connectivity index (χ4n) is 3.42. The molecule has 4 rings (SSSR count). The van der Waals surface area contributed by atoms with E-state index in [-0.39, 0.29) is 12.5 Å². The van der Waals surface area contributed by atoms with Crippen LogP contribution in [0.1, 0.15) is 26.6 Å². The van der Waals surface area contributed by atoms with Crippen LogP contribution in [-0.2, 0) is 19.6 Å². The van der Waals surface area contributed by atoms with Crippen LogP contribution in [-0.4, -0.2) is 42.0 Å². The van der Waals surface area contributed by atoms with Crippen LogP contribution < -0.4 is 24.4 Å². The van der Waals surface area contributed by atoms with Crippen LogP contribution in [0.4, 0.5) is 0 Å². The molecule has 32 heavy (non-hydrogen) atoms. The van der Waals surface area contributed by atoms with Crippen molar-refractivity contribution in [3.05, 3.63) is 63.6 Å². The Morgan fingerprint density at radius 1 is 1.12 bits per heavy atom. The molecule has 0 saturated carbocycles. The number of hydrogen-bond donors (Lipinski definition) is 2. The van der Waals surface area contributed by atoms with Crippen LogP contribution in [0, 0.1) is 0 Å². The van der Waals surface area contributed by atoms with Crippen LogP contribution in [0.15, 0.2) is 41.8 Å². The van der Waals surface area contributed by atoms with Crippen LogP contribution in [0.5, 0.6) is 23.0 Å². The molecule has 10 heteroatoms. The second kappa shape index (κ2) is 9.86. The third-order valence-corrected chi connectivity index (χ3v) is 5.81. The number of ether oxygens (including phenoxy) is 4. The SMILES string of the molecule is COc1ccc(CN(Cc2ccc3c(c2)OCO3)Cc2nc(C(=O)NO)cs2)c(OC)c1. The number of methoxy groups -OCH3 is 2. The summed E-state index contributed by atoms with van der Waals surface area (Å²) in [5, 5.41) is 11.2. The molecular formula is C22H23N3O6S. The fraction of sp³-hybridized carbons (Fsp3) is 0.273. The highest BCUT2D eigenvalue weighted by atomic mass is 32.1. The van der Waals surface area contributed by atoms with Gasteiger partial charge in [0.1, 0.15) is 22.2 Å². The molecule has 1 amide bonds. The zero-order chi connectivity index (χ0) is 22.5. The minimum absolute atomic E-state index is 0.178. The number of aromatic nitrogens is 1. The number of thiazole rings is 1. The summed E-state index contributed by atoms with van der Waals surface area (Å²) < 4.78 is 21.8. The first kappa shape index (κ1) is 21.9. The maximum Gasteiger partial charge on any atom is 0.294 e. The molecule has 2 N–H and O–H groups in total. The van der Waals surface area contributed by atoms with Gasteiger partial charge in [-0.15, -0.1) is 11.3 Å². The van der Waals surface area contributed by atoms with E-state index in [4.69, 9.17) is 24.2 Å². The summed E-state index contributed by atoms with van der Waals surface area (Å²) in [4.78, 5) is 18.2. The van der Waals surface area contributed by atoms with Gasteiger partial charge in [-0.3, -0.25) is 14.9 Å². The van der Waals surface area contributed by atoms with Gasteiger partial charge in [-0.2, -0.15) is 0 Å². The quantitative estimate of drug-likeness (QED) is 0.373. The lowest BCUT2D eigenvalue weighted by Gasteiger charge is -2.23. The Kier molecular flexibility index (Phi) is 6.74. The molecule has 2 heterocycles. The molecule has 0 spiro atoms. The van der Waals surface area contributed by atoms with E-state index in [2.05, 4.69) is 9.88 Å². The highest BCUT2D eigenvalue weighted by Crippen LogP contribution is 2.33. The van der Waals surface area contributed by atoms with Crippen molar-refractivity contribution in [2.75, 3.05) is 21.0 Å². The molecule has 2 aromatic carbocycles. The molecule has 9 nitrogen and oxygen atoms in total. The van der Waals surface area contributed by atoms with Crippen LogP contribution >= 0.6 is 11.3 Å². The average molecular weight is 458 g/mol. The van der Waals surface area contributed by atoms with E-state index in [1.807, 2.05) is 36.4 Å². The first-order valence-electron chi connectivity index (χ1n) is 9.80. The zero-order valence-electron chi connectivity index (χ0n) is 17.7. The van der Waals surface area contributed by atoms with Crippen molar-refractivity contribution in [3.8, 4) is 23.0 Å². The van der Waals surface area contributed by atoms with E-state index < -0.39 is 5.91 Å². The van der Waals surface area contributed by atoms with Crippen LogP contribution in [0.2, 0.25) is 0 Å². The molecule has 0 atom stereocenters. The third kappa shape index (κ3) is 4.93. The first-order valence-corrected chi connectivity index (χ1v) is 10.7. The number of rotatable bonds is 9. The van der Waals surface area contributed by atoms with E-state index in [0.717, 1.165) is 33.4 Å². The van der Waals surface area contributed by atoms with Crippen molar-refractivity contribution in [1.29, 1.82) is 0 Å². The molecule has 0 bridgehead atoms. The second-order valence-corrected chi connectivity index (χ2v) is 8.02. The Morgan fingerprint density at radius 3 is 2.75 bits per heavy atom. The van der Waals surface area contributed by atoms with Crippen molar-refractivity contribution < 1.29 is 28.9 Å². The van der Waals surface area contributed by atoms with Crippen LogP contribution in [0.25, 0.3) is 0 Å². The first-order chi connectivity index (χ1) is 15.6. The van der Waals surface area contributed by atoms with Crippen molar-refractivity contribution in [2.45, 2.75) is 19.6 Å². The Hall–Kier alpha value is -3.34. The van der Waals surface area contributed by atoms with Gasteiger partial charge in [-0.1, -0.05) is 12.1 Å². The normalized spacial score (nSPS) is 12.1. The van der Waals surface area contributed by atoms with E-state index in [0.29, 0.717) is 25.4 Å². The number of carbonyl (C=O) groups excluding carboxylic acids is 1. The lowest BCUT2D eigenvalue weighted by molar-refractivity contribution is 0.0701. The summed E-state index contributed by atoms with van der Waals surface area (Å²) in [6.07, 6.45) is 0. The molecule has 0 saturated heterocycles. The standard InChI is InChI=1S/C22H23N3O6S/c1-28-16-5-4-15(19(8-16)29-2)10-25(11-21-23-17(12-32-21)22(26)24-27)9-14-3-6-18-20(7-14)31-13-30-18/h3-8,12,27H,9-11,13H2,1-2H3,(H,24,26). The molecule has 3 aromatic rings. The number of nitrogens with one attached hydrogen (secondary N) is 1. The molecular weight excluding hydrogens is 434 g/mol. The molecule has 0 unspecified atom stereocenters. The maximum absolute atomic E-state index is 11.7. The van der Waals surface area contributed by atoms with Gasteiger partial charge in [-0.05, 0) is 23.8 Å². The second-order valence-electron chi connectivity index (χ2n) is 7.08. The number of carbonyl (C=O) groups is 1. The summed E-state index contributed by atoms with van der Waals surface area (Å²) in [5.74, 6) is 2.26. The Labute approximate surface area is 189 Å². The number of hydroxylamine groups is 1. The van der Waals surface area contributed by atoms with Gasteiger partial charge in [0.05, 0.1) is 20.8 Å². The Bertz CT molecular complexity index is 1100. The van der Waals surface area contributed by atoms with Crippen molar-refractivity contribution in [1.82, 2.24) is 15.4 Å². The van der Waals surface area contributed by atoms with Crippen molar-refractivity contribution >= 4 is 17.2 Å². The van der Waals surface area contributed by atoms with Gasteiger partial charge in [0.25, 0.3) is 5.91 Å². The maximum atomic E-state index is 11.7. The topological polar surface area (TPSA) is 102 Å². The number of hydrogen-bond acceptors (Lipinski definition) is 9. The third-order valence-electron chi connectivity index (χ3n) is 4.98. The largest absolute Gasteiger partial charge is 0.497 e. The molecule has 1 aliphatic heterocycles. The van der Waals surface area contributed by atoms with E-state index in [1.165, 1.54) is 11.3 Å².